The standard InChI is InChI=1S/C13H18FN3O2S/c1-13(2,17-20(3,18)19)9-16-8-10-4-5-12(14)11(6-10)7-15/h4-6,16-17H,8-9H2,1-3H3. The normalized spacial score (nSPS) is 12.2. The third kappa shape index (κ3) is 5.65. The number of nitriles is 1. The smallest absolute Gasteiger partial charge is 0.209 e. The van der Waals surface area contributed by atoms with E-state index in [-0.39, 0.29) is 5.56 Å². The Kier molecular flexibility index (Phi) is 5.22. The van der Waals surface area contributed by atoms with Gasteiger partial charge in [0, 0.05) is 18.6 Å². The Hall–Kier alpha value is -1.49. The van der Waals surface area contributed by atoms with Crippen molar-refractivity contribution in [2.45, 2.75) is 25.9 Å². The first-order chi connectivity index (χ1) is 9.13. The predicted octanol–water partition coefficient (Wildman–Crippen LogP) is 1.11. The number of hydrogen-bond acceptors (Lipinski definition) is 4. The molecule has 0 aliphatic heterocycles. The summed E-state index contributed by atoms with van der Waals surface area (Å²) in [7, 11) is -3.28. The van der Waals surface area contributed by atoms with Crippen LogP contribution in [0.2, 0.25) is 0 Å². The highest BCUT2D eigenvalue weighted by atomic mass is 32.2. The zero-order valence-electron chi connectivity index (χ0n) is 11.7. The summed E-state index contributed by atoms with van der Waals surface area (Å²) in [4.78, 5) is 0. The maximum Gasteiger partial charge on any atom is 0.209 e. The van der Waals surface area contributed by atoms with Crippen molar-refractivity contribution in [3.63, 3.8) is 0 Å². The summed E-state index contributed by atoms with van der Waals surface area (Å²) >= 11 is 0. The molecule has 0 aromatic heterocycles. The van der Waals surface area contributed by atoms with Crippen LogP contribution in [0.1, 0.15) is 25.0 Å². The first kappa shape index (κ1) is 16.6. The molecular weight excluding hydrogens is 281 g/mol. The minimum atomic E-state index is -3.28. The van der Waals surface area contributed by atoms with Gasteiger partial charge in [0.05, 0.1) is 11.8 Å². The number of sulfonamides is 1. The van der Waals surface area contributed by atoms with Crippen molar-refractivity contribution in [2.75, 3.05) is 12.8 Å². The molecule has 0 unspecified atom stereocenters. The number of benzene rings is 1. The Morgan fingerprint density at radius 3 is 2.60 bits per heavy atom. The van der Waals surface area contributed by atoms with E-state index in [1.807, 2.05) is 0 Å². The van der Waals surface area contributed by atoms with Crippen molar-refractivity contribution in [1.29, 1.82) is 5.26 Å². The van der Waals surface area contributed by atoms with Crippen molar-refractivity contribution < 1.29 is 12.8 Å². The molecule has 110 valence electrons. The Morgan fingerprint density at radius 2 is 2.05 bits per heavy atom. The number of rotatable bonds is 6. The maximum atomic E-state index is 13.1. The Balaban J connectivity index is 2.59. The minimum Gasteiger partial charge on any atom is -0.311 e. The highest BCUT2D eigenvalue weighted by Gasteiger charge is 2.21. The molecule has 0 heterocycles. The van der Waals surface area contributed by atoms with E-state index in [1.165, 1.54) is 12.1 Å². The summed E-state index contributed by atoms with van der Waals surface area (Å²) in [6.07, 6.45) is 1.11. The third-order valence-corrected chi connectivity index (χ3v) is 3.43. The lowest BCUT2D eigenvalue weighted by atomic mass is 10.1. The first-order valence-corrected chi connectivity index (χ1v) is 7.90. The summed E-state index contributed by atoms with van der Waals surface area (Å²) in [6, 6.07) is 6.08. The van der Waals surface area contributed by atoms with E-state index in [2.05, 4.69) is 10.0 Å². The van der Waals surface area contributed by atoms with E-state index < -0.39 is 21.4 Å². The second kappa shape index (κ2) is 6.31. The Bertz CT molecular complexity index is 621. The van der Waals surface area contributed by atoms with Gasteiger partial charge in [-0.3, -0.25) is 0 Å². The van der Waals surface area contributed by atoms with E-state index >= 15 is 0 Å². The molecule has 5 nitrogen and oxygen atoms in total. The van der Waals surface area contributed by atoms with Crippen LogP contribution in [0.15, 0.2) is 18.2 Å². The molecular formula is C13H18FN3O2S. The van der Waals surface area contributed by atoms with Gasteiger partial charge in [0.15, 0.2) is 0 Å². The molecule has 0 radical (unpaired) electrons. The Morgan fingerprint density at radius 1 is 1.40 bits per heavy atom. The van der Waals surface area contributed by atoms with Crippen molar-refractivity contribution in [3.8, 4) is 6.07 Å². The quantitative estimate of drug-likeness (QED) is 0.824. The summed E-state index contributed by atoms with van der Waals surface area (Å²) in [5.74, 6) is -0.546. The van der Waals surface area contributed by atoms with Gasteiger partial charge >= 0.3 is 0 Å². The molecule has 1 aromatic rings. The third-order valence-electron chi connectivity index (χ3n) is 2.51. The molecule has 20 heavy (non-hydrogen) atoms. The van der Waals surface area contributed by atoms with Gasteiger partial charge in [0.25, 0.3) is 0 Å². The van der Waals surface area contributed by atoms with Crippen LogP contribution in [0.3, 0.4) is 0 Å². The van der Waals surface area contributed by atoms with E-state index in [0.29, 0.717) is 13.1 Å². The lowest BCUT2D eigenvalue weighted by Gasteiger charge is -2.25. The van der Waals surface area contributed by atoms with Gasteiger partial charge in [0.1, 0.15) is 11.9 Å². The monoisotopic (exact) mass is 299 g/mol. The topological polar surface area (TPSA) is 82.0 Å². The average molecular weight is 299 g/mol. The van der Waals surface area contributed by atoms with Crippen molar-refractivity contribution >= 4 is 10.0 Å². The fourth-order valence-corrected chi connectivity index (χ4v) is 2.90. The van der Waals surface area contributed by atoms with Crippen molar-refractivity contribution in [2.24, 2.45) is 0 Å². The zero-order valence-corrected chi connectivity index (χ0v) is 12.5. The molecule has 0 aliphatic carbocycles. The molecule has 0 fully saturated rings. The number of nitrogens with one attached hydrogen (secondary N) is 2. The largest absolute Gasteiger partial charge is 0.311 e. The molecule has 0 amide bonds. The maximum absolute atomic E-state index is 13.1. The number of nitrogens with zero attached hydrogens (tertiary/aromatic N) is 1. The molecule has 7 heteroatoms. The molecule has 1 aromatic carbocycles. The molecule has 0 saturated heterocycles. The minimum absolute atomic E-state index is 0.00202. The van der Waals surface area contributed by atoms with Crippen LogP contribution in [0, 0.1) is 17.1 Å². The van der Waals surface area contributed by atoms with Gasteiger partial charge in [0.2, 0.25) is 10.0 Å². The fourth-order valence-electron chi connectivity index (χ4n) is 1.83. The lowest BCUT2D eigenvalue weighted by molar-refractivity contribution is 0.421. The number of halogens is 1. The van der Waals surface area contributed by atoms with Crippen LogP contribution < -0.4 is 10.0 Å². The first-order valence-electron chi connectivity index (χ1n) is 6.01. The second-order valence-electron chi connectivity index (χ2n) is 5.29. The Labute approximate surface area is 118 Å². The predicted molar refractivity (Wildman–Crippen MR) is 74.9 cm³/mol. The van der Waals surface area contributed by atoms with Gasteiger partial charge in [-0.25, -0.2) is 17.5 Å². The van der Waals surface area contributed by atoms with Crippen LogP contribution in [0.4, 0.5) is 4.39 Å². The molecule has 1 rings (SSSR count). The van der Waals surface area contributed by atoms with E-state index in [9.17, 15) is 12.8 Å². The molecule has 2 N–H and O–H groups in total. The lowest BCUT2D eigenvalue weighted by Crippen LogP contribution is -2.49. The highest BCUT2D eigenvalue weighted by Crippen LogP contribution is 2.10. The molecule has 0 bridgehead atoms. The zero-order chi connectivity index (χ0) is 15.4. The number of hydrogen-bond donors (Lipinski definition) is 2. The summed E-state index contributed by atoms with van der Waals surface area (Å²) in [5, 5.41) is 11.8. The van der Waals surface area contributed by atoms with Crippen LogP contribution >= 0.6 is 0 Å². The molecule has 0 spiro atoms. The molecule has 0 saturated carbocycles. The van der Waals surface area contributed by atoms with Gasteiger partial charge in [-0.1, -0.05) is 6.07 Å². The second-order valence-corrected chi connectivity index (χ2v) is 7.04. The van der Waals surface area contributed by atoms with Crippen molar-refractivity contribution in [3.05, 3.63) is 35.1 Å². The fraction of sp³-hybridized carbons (Fsp3) is 0.462. The van der Waals surface area contributed by atoms with Crippen LogP contribution in [-0.4, -0.2) is 26.8 Å². The van der Waals surface area contributed by atoms with Gasteiger partial charge in [-0.15, -0.1) is 0 Å². The van der Waals surface area contributed by atoms with Gasteiger partial charge in [-0.05, 0) is 31.5 Å². The SMILES string of the molecule is CC(C)(CNCc1ccc(F)c(C#N)c1)NS(C)(=O)=O. The molecule has 0 aliphatic rings. The highest BCUT2D eigenvalue weighted by molar-refractivity contribution is 7.88. The summed E-state index contributed by atoms with van der Waals surface area (Å²) < 4.78 is 38.0. The average Bonchev–Trinajstić information content (AvgIpc) is 2.28. The van der Waals surface area contributed by atoms with Gasteiger partial charge < -0.3 is 5.32 Å². The van der Waals surface area contributed by atoms with Gasteiger partial charge in [-0.2, -0.15) is 5.26 Å². The van der Waals surface area contributed by atoms with Crippen LogP contribution in [-0.2, 0) is 16.6 Å². The van der Waals surface area contributed by atoms with Crippen molar-refractivity contribution in [1.82, 2.24) is 10.0 Å². The van der Waals surface area contributed by atoms with E-state index in [0.717, 1.165) is 11.8 Å². The molecule has 0 atom stereocenters. The van der Waals surface area contributed by atoms with Crippen LogP contribution in [0.25, 0.3) is 0 Å². The summed E-state index contributed by atoms with van der Waals surface area (Å²) in [5.41, 5.74) is 0.127. The van der Waals surface area contributed by atoms with Crippen LogP contribution in [0.5, 0.6) is 0 Å². The van der Waals surface area contributed by atoms with E-state index in [4.69, 9.17) is 5.26 Å². The summed E-state index contributed by atoms with van der Waals surface area (Å²) in [6.45, 7) is 4.34. The van der Waals surface area contributed by atoms with E-state index in [1.54, 1.807) is 26.0 Å².